The van der Waals surface area contributed by atoms with Gasteiger partial charge in [0.05, 0.1) is 5.69 Å². The molecule has 3 heteroatoms. The summed E-state index contributed by atoms with van der Waals surface area (Å²) < 4.78 is 0. The van der Waals surface area contributed by atoms with E-state index in [9.17, 15) is 0 Å². The van der Waals surface area contributed by atoms with E-state index in [1.807, 2.05) is 6.92 Å². The van der Waals surface area contributed by atoms with Crippen LogP contribution in [0.2, 0.25) is 0 Å². The summed E-state index contributed by atoms with van der Waals surface area (Å²) in [6.45, 7) is 3.44. The molecule has 1 unspecified atom stereocenters. The summed E-state index contributed by atoms with van der Waals surface area (Å²) in [7, 11) is 0. The van der Waals surface area contributed by atoms with Gasteiger partial charge in [-0.1, -0.05) is 5.92 Å². The number of aliphatic hydroxyl groups is 1. The number of aromatic nitrogens is 2. The van der Waals surface area contributed by atoms with Crippen LogP contribution < -0.4 is 0 Å². The van der Waals surface area contributed by atoms with Crippen molar-refractivity contribution in [2.75, 3.05) is 0 Å². The molecular weight excluding hydrogens is 152 g/mol. The number of hydrogen-bond donors (Lipinski definition) is 1. The maximum absolute atomic E-state index is 8.88. The number of hydrogen-bond acceptors (Lipinski definition) is 3. The fourth-order valence-corrected chi connectivity index (χ4v) is 0.703. The number of nitrogens with zero attached hydrogens (tertiary/aromatic N) is 2. The zero-order valence-electron chi connectivity index (χ0n) is 7.07. The maximum atomic E-state index is 8.88. The van der Waals surface area contributed by atoms with Crippen LogP contribution in [0.3, 0.4) is 0 Å². The molecule has 1 N–H and O–H groups in total. The Morgan fingerprint density at radius 3 is 2.67 bits per heavy atom. The predicted molar refractivity (Wildman–Crippen MR) is 45.3 cm³/mol. The smallest absolute Gasteiger partial charge is 0.134 e. The highest BCUT2D eigenvalue weighted by Crippen LogP contribution is 1.95. The maximum Gasteiger partial charge on any atom is 0.134 e. The summed E-state index contributed by atoms with van der Waals surface area (Å²) in [5.41, 5.74) is 1.41. The third-order valence-electron chi connectivity index (χ3n) is 1.28. The van der Waals surface area contributed by atoms with Gasteiger partial charge in [-0.15, -0.1) is 0 Å². The summed E-state index contributed by atoms with van der Waals surface area (Å²) in [5.74, 6) is 5.34. The van der Waals surface area contributed by atoms with Crippen molar-refractivity contribution < 1.29 is 5.11 Å². The van der Waals surface area contributed by atoms with Crippen molar-refractivity contribution in [1.29, 1.82) is 0 Å². The highest BCUT2D eigenvalue weighted by atomic mass is 16.3. The van der Waals surface area contributed by atoms with Crippen LogP contribution in [0.15, 0.2) is 12.4 Å². The van der Waals surface area contributed by atoms with Crippen LogP contribution in [-0.2, 0) is 0 Å². The number of aryl methyl sites for hydroxylation is 1. The summed E-state index contributed by atoms with van der Waals surface area (Å²) in [4.78, 5) is 8.01. The molecule has 0 bridgehead atoms. The van der Waals surface area contributed by atoms with Crippen LogP contribution in [0.4, 0.5) is 0 Å². The lowest BCUT2D eigenvalue weighted by Crippen LogP contribution is -1.95. The fraction of sp³-hybridized carbons (Fsp3) is 0.333. The molecule has 0 aliphatic carbocycles. The van der Waals surface area contributed by atoms with Gasteiger partial charge in [0.1, 0.15) is 11.8 Å². The van der Waals surface area contributed by atoms with Gasteiger partial charge in [-0.3, -0.25) is 4.98 Å². The van der Waals surface area contributed by atoms with E-state index in [-0.39, 0.29) is 0 Å². The van der Waals surface area contributed by atoms with Crippen molar-refractivity contribution in [3.8, 4) is 11.8 Å². The van der Waals surface area contributed by atoms with Gasteiger partial charge >= 0.3 is 0 Å². The second-order valence-electron chi connectivity index (χ2n) is 2.44. The predicted octanol–water partition coefficient (Wildman–Crippen LogP) is 0.517. The first-order valence-corrected chi connectivity index (χ1v) is 3.67. The van der Waals surface area contributed by atoms with E-state index in [0.29, 0.717) is 5.69 Å². The lowest BCUT2D eigenvalue weighted by atomic mass is 10.3. The van der Waals surface area contributed by atoms with Gasteiger partial charge in [-0.05, 0) is 19.8 Å². The van der Waals surface area contributed by atoms with Gasteiger partial charge in [0.25, 0.3) is 0 Å². The Balaban J connectivity index is 2.92. The van der Waals surface area contributed by atoms with Gasteiger partial charge < -0.3 is 5.11 Å². The van der Waals surface area contributed by atoms with E-state index < -0.39 is 6.10 Å². The summed E-state index contributed by atoms with van der Waals surface area (Å²) >= 11 is 0. The molecule has 3 nitrogen and oxygen atoms in total. The van der Waals surface area contributed by atoms with Crippen molar-refractivity contribution in [2.24, 2.45) is 0 Å². The SMILES string of the molecule is Cc1nccnc1C#CC(C)O. The molecule has 0 spiro atoms. The minimum Gasteiger partial charge on any atom is -0.381 e. The first-order valence-electron chi connectivity index (χ1n) is 3.67. The minimum atomic E-state index is -0.619. The molecule has 0 fully saturated rings. The molecule has 0 saturated heterocycles. The molecule has 1 aromatic heterocycles. The standard InChI is InChI=1S/C9H10N2O/c1-7(12)3-4-9-8(2)10-5-6-11-9/h5-7,12H,1-2H3. The van der Waals surface area contributed by atoms with Crippen LogP contribution in [0.25, 0.3) is 0 Å². The Labute approximate surface area is 71.5 Å². The molecule has 12 heavy (non-hydrogen) atoms. The van der Waals surface area contributed by atoms with E-state index in [0.717, 1.165) is 5.69 Å². The summed E-state index contributed by atoms with van der Waals surface area (Å²) in [5, 5.41) is 8.88. The topological polar surface area (TPSA) is 46.0 Å². The summed E-state index contributed by atoms with van der Waals surface area (Å²) in [6.07, 6.45) is 2.58. The molecule has 62 valence electrons. The van der Waals surface area contributed by atoms with Crippen LogP contribution in [0.1, 0.15) is 18.3 Å². The van der Waals surface area contributed by atoms with Crippen molar-refractivity contribution in [3.63, 3.8) is 0 Å². The van der Waals surface area contributed by atoms with Gasteiger partial charge in [-0.2, -0.15) is 0 Å². The molecule has 0 radical (unpaired) electrons. The quantitative estimate of drug-likeness (QED) is 0.565. The largest absolute Gasteiger partial charge is 0.381 e. The lowest BCUT2D eigenvalue weighted by molar-refractivity contribution is 0.253. The molecule has 0 aromatic carbocycles. The third kappa shape index (κ3) is 2.33. The van der Waals surface area contributed by atoms with Crippen molar-refractivity contribution in [2.45, 2.75) is 20.0 Å². The molecule has 0 aliphatic heterocycles. The molecule has 1 atom stereocenters. The second kappa shape index (κ2) is 3.84. The first kappa shape index (κ1) is 8.69. The van der Waals surface area contributed by atoms with Gasteiger partial charge in [-0.25, -0.2) is 4.98 Å². The highest BCUT2D eigenvalue weighted by Gasteiger charge is 1.93. The minimum absolute atomic E-state index is 0.619. The van der Waals surface area contributed by atoms with Gasteiger partial charge in [0.15, 0.2) is 0 Å². The van der Waals surface area contributed by atoms with Crippen molar-refractivity contribution in [3.05, 3.63) is 23.8 Å². The van der Waals surface area contributed by atoms with Crippen LogP contribution in [-0.4, -0.2) is 21.2 Å². The van der Waals surface area contributed by atoms with Gasteiger partial charge in [0.2, 0.25) is 0 Å². The monoisotopic (exact) mass is 162 g/mol. The molecule has 1 rings (SSSR count). The van der Waals surface area contributed by atoms with Crippen LogP contribution >= 0.6 is 0 Å². The van der Waals surface area contributed by atoms with E-state index in [4.69, 9.17) is 5.11 Å². The Hall–Kier alpha value is -1.40. The summed E-state index contributed by atoms with van der Waals surface area (Å²) in [6, 6.07) is 0. The van der Waals surface area contributed by atoms with Gasteiger partial charge in [0, 0.05) is 12.4 Å². The molecule has 1 heterocycles. The van der Waals surface area contributed by atoms with E-state index >= 15 is 0 Å². The average Bonchev–Trinajstić information content (AvgIpc) is 2.03. The first-order chi connectivity index (χ1) is 5.70. The molecule has 1 aromatic rings. The van der Waals surface area contributed by atoms with Crippen molar-refractivity contribution >= 4 is 0 Å². The van der Waals surface area contributed by atoms with E-state index in [1.54, 1.807) is 19.3 Å². The number of aliphatic hydroxyl groups excluding tert-OH is 1. The van der Waals surface area contributed by atoms with Crippen LogP contribution in [0, 0.1) is 18.8 Å². The number of rotatable bonds is 0. The zero-order valence-corrected chi connectivity index (χ0v) is 7.07. The van der Waals surface area contributed by atoms with E-state index in [1.165, 1.54) is 0 Å². The fourth-order valence-electron chi connectivity index (χ4n) is 0.703. The Morgan fingerprint density at radius 1 is 1.42 bits per heavy atom. The third-order valence-corrected chi connectivity index (χ3v) is 1.28. The highest BCUT2D eigenvalue weighted by molar-refractivity contribution is 5.30. The normalized spacial score (nSPS) is 11.6. The Morgan fingerprint density at radius 2 is 2.08 bits per heavy atom. The van der Waals surface area contributed by atoms with E-state index in [2.05, 4.69) is 21.8 Å². The average molecular weight is 162 g/mol. The Bertz CT molecular complexity index is 323. The molecule has 0 aliphatic rings. The lowest BCUT2D eigenvalue weighted by Gasteiger charge is -1.93. The van der Waals surface area contributed by atoms with Crippen molar-refractivity contribution in [1.82, 2.24) is 9.97 Å². The molecule has 0 saturated carbocycles. The van der Waals surface area contributed by atoms with Crippen LogP contribution in [0.5, 0.6) is 0 Å². The Kier molecular flexibility index (Phi) is 2.78. The molecule has 0 amide bonds. The second-order valence-corrected chi connectivity index (χ2v) is 2.44. The zero-order chi connectivity index (χ0) is 8.97. The molecular formula is C9H10N2O.